The number of halogens is 1. The number of ether oxygens (including phenoxy) is 1. The number of phenolic OH excluding ortho intramolecular Hbond substituents is 1. The van der Waals surface area contributed by atoms with E-state index in [0.717, 1.165) is 18.2 Å². The Morgan fingerprint density at radius 1 is 1.42 bits per heavy atom. The van der Waals surface area contributed by atoms with Gasteiger partial charge in [-0.25, -0.2) is 9.18 Å². The molecule has 2 rings (SSSR count). The zero-order valence-corrected chi connectivity index (χ0v) is 9.88. The lowest BCUT2D eigenvalue weighted by atomic mass is 10.1. The first kappa shape index (κ1) is 13.3. The summed E-state index contributed by atoms with van der Waals surface area (Å²) >= 11 is 0. The van der Waals surface area contributed by atoms with Gasteiger partial charge in [0.2, 0.25) is 0 Å². The maximum atomic E-state index is 12.8. The normalized spacial score (nSPS) is 19.2. The monoisotopic (exact) mass is 269 g/mol. The van der Waals surface area contributed by atoms with Crippen molar-refractivity contribution in [2.24, 2.45) is 0 Å². The first-order chi connectivity index (χ1) is 8.99. The molecule has 7 heteroatoms. The molecule has 1 aliphatic heterocycles. The van der Waals surface area contributed by atoms with Crippen LogP contribution in [0.15, 0.2) is 18.2 Å². The molecule has 19 heavy (non-hydrogen) atoms. The topological polar surface area (TPSA) is 87.1 Å². The number of nitrogens with zero attached hydrogens (tertiary/aromatic N) is 1. The number of rotatable bonds is 2. The number of phenols is 1. The van der Waals surface area contributed by atoms with Gasteiger partial charge in [-0.3, -0.25) is 4.79 Å². The lowest BCUT2D eigenvalue weighted by Crippen LogP contribution is -2.48. The Morgan fingerprint density at radius 3 is 2.79 bits per heavy atom. The summed E-state index contributed by atoms with van der Waals surface area (Å²) in [6.45, 7) is 0.217. The average Bonchev–Trinajstić information content (AvgIpc) is 2.38. The van der Waals surface area contributed by atoms with Crippen LogP contribution < -0.4 is 0 Å². The Morgan fingerprint density at radius 2 is 2.16 bits per heavy atom. The fourth-order valence-corrected chi connectivity index (χ4v) is 1.84. The van der Waals surface area contributed by atoms with Gasteiger partial charge in [-0.2, -0.15) is 0 Å². The summed E-state index contributed by atoms with van der Waals surface area (Å²) < 4.78 is 17.8. The van der Waals surface area contributed by atoms with Crippen LogP contribution in [-0.4, -0.2) is 52.8 Å². The summed E-state index contributed by atoms with van der Waals surface area (Å²) in [5.74, 6) is -2.82. The highest BCUT2D eigenvalue weighted by molar-refractivity contribution is 5.97. The van der Waals surface area contributed by atoms with Crippen LogP contribution in [0.3, 0.4) is 0 Å². The molecule has 1 aliphatic rings. The van der Waals surface area contributed by atoms with Gasteiger partial charge in [-0.1, -0.05) is 0 Å². The number of carboxylic acids is 1. The van der Waals surface area contributed by atoms with Crippen molar-refractivity contribution in [2.75, 3.05) is 19.7 Å². The molecule has 0 saturated carbocycles. The van der Waals surface area contributed by atoms with E-state index in [1.807, 2.05) is 0 Å². The Bertz CT molecular complexity index is 519. The zero-order valence-electron chi connectivity index (χ0n) is 9.88. The fraction of sp³-hybridized carbons (Fsp3) is 0.333. The molecule has 1 aromatic carbocycles. The molecule has 6 nitrogen and oxygen atoms in total. The van der Waals surface area contributed by atoms with Gasteiger partial charge in [-0.15, -0.1) is 0 Å². The van der Waals surface area contributed by atoms with E-state index in [4.69, 9.17) is 9.84 Å². The van der Waals surface area contributed by atoms with Crippen LogP contribution in [-0.2, 0) is 9.53 Å². The number of benzene rings is 1. The summed E-state index contributed by atoms with van der Waals surface area (Å²) in [6, 6.07) is 3.06. The minimum Gasteiger partial charge on any atom is -0.507 e. The second kappa shape index (κ2) is 5.23. The standard InChI is InChI=1S/C12H12FNO5/c13-7-1-2-8(9(15)5-7)11(16)14-3-4-19-10(6-14)12(17)18/h1-2,5,10,15H,3-4,6H2,(H,17,18). The predicted molar refractivity (Wildman–Crippen MR) is 61.3 cm³/mol. The summed E-state index contributed by atoms with van der Waals surface area (Å²) in [5, 5.41) is 18.4. The van der Waals surface area contributed by atoms with E-state index >= 15 is 0 Å². The van der Waals surface area contributed by atoms with Crippen molar-refractivity contribution < 1.29 is 28.9 Å². The third kappa shape index (κ3) is 2.82. The van der Waals surface area contributed by atoms with Crippen LogP contribution >= 0.6 is 0 Å². The SMILES string of the molecule is O=C(O)C1CN(C(=O)c2ccc(F)cc2O)CCO1. The van der Waals surface area contributed by atoms with Crippen LogP contribution in [0.2, 0.25) is 0 Å². The van der Waals surface area contributed by atoms with E-state index in [-0.39, 0.29) is 25.3 Å². The first-order valence-corrected chi connectivity index (χ1v) is 5.61. The summed E-state index contributed by atoms with van der Waals surface area (Å²) in [4.78, 5) is 24.2. The molecule has 1 unspecified atom stereocenters. The smallest absolute Gasteiger partial charge is 0.334 e. The quantitative estimate of drug-likeness (QED) is 0.814. The molecule has 1 heterocycles. The van der Waals surface area contributed by atoms with E-state index < -0.39 is 29.5 Å². The third-order valence-corrected chi connectivity index (χ3v) is 2.82. The number of hydrogen-bond donors (Lipinski definition) is 2. The van der Waals surface area contributed by atoms with Crippen LogP contribution in [0.5, 0.6) is 5.75 Å². The number of hydrogen-bond acceptors (Lipinski definition) is 4. The van der Waals surface area contributed by atoms with Crippen LogP contribution in [0, 0.1) is 5.82 Å². The predicted octanol–water partition coefficient (Wildman–Crippen LogP) is 0.457. The zero-order chi connectivity index (χ0) is 14.0. The molecule has 0 bridgehead atoms. The number of aromatic hydroxyl groups is 1. The maximum absolute atomic E-state index is 12.8. The van der Waals surface area contributed by atoms with Gasteiger partial charge in [0.05, 0.1) is 18.7 Å². The van der Waals surface area contributed by atoms with Gasteiger partial charge >= 0.3 is 5.97 Å². The largest absolute Gasteiger partial charge is 0.507 e. The molecule has 0 spiro atoms. The third-order valence-electron chi connectivity index (χ3n) is 2.82. The Kier molecular flexibility index (Phi) is 3.66. The van der Waals surface area contributed by atoms with Crippen molar-refractivity contribution in [2.45, 2.75) is 6.10 Å². The van der Waals surface area contributed by atoms with Crippen LogP contribution in [0.25, 0.3) is 0 Å². The molecule has 1 amide bonds. The number of morpholine rings is 1. The van der Waals surface area contributed by atoms with E-state index in [1.165, 1.54) is 4.90 Å². The molecule has 0 aliphatic carbocycles. The maximum Gasteiger partial charge on any atom is 0.334 e. The Labute approximate surface area is 108 Å². The molecule has 1 aromatic rings. The van der Waals surface area contributed by atoms with Gasteiger partial charge in [0.15, 0.2) is 6.10 Å². The number of carboxylic acid groups (broad SMARTS) is 1. The summed E-state index contributed by atoms with van der Waals surface area (Å²) in [7, 11) is 0. The molecule has 102 valence electrons. The molecule has 1 atom stereocenters. The fourth-order valence-electron chi connectivity index (χ4n) is 1.84. The average molecular weight is 269 g/mol. The van der Waals surface area contributed by atoms with E-state index in [0.29, 0.717) is 0 Å². The van der Waals surface area contributed by atoms with Gasteiger partial charge in [0.25, 0.3) is 5.91 Å². The molecular weight excluding hydrogens is 257 g/mol. The minimum atomic E-state index is -1.15. The Hall–Kier alpha value is -2.15. The molecule has 0 radical (unpaired) electrons. The van der Waals surface area contributed by atoms with Gasteiger partial charge < -0.3 is 19.8 Å². The number of carbonyl (C=O) groups excluding carboxylic acids is 1. The second-order valence-corrected chi connectivity index (χ2v) is 4.11. The van der Waals surface area contributed by atoms with Crippen molar-refractivity contribution >= 4 is 11.9 Å². The highest BCUT2D eigenvalue weighted by Gasteiger charge is 2.30. The van der Waals surface area contributed by atoms with E-state index in [2.05, 4.69) is 0 Å². The number of aliphatic carboxylic acids is 1. The molecular formula is C12H12FNO5. The Balaban J connectivity index is 2.17. The number of amides is 1. The van der Waals surface area contributed by atoms with E-state index in [1.54, 1.807) is 0 Å². The van der Waals surface area contributed by atoms with Crippen molar-refractivity contribution in [3.05, 3.63) is 29.6 Å². The van der Waals surface area contributed by atoms with E-state index in [9.17, 15) is 19.1 Å². The van der Waals surface area contributed by atoms with Crippen molar-refractivity contribution in [1.29, 1.82) is 0 Å². The van der Waals surface area contributed by atoms with Gasteiger partial charge in [0, 0.05) is 12.6 Å². The van der Waals surface area contributed by atoms with Crippen LogP contribution in [0.4, 0.5) is 4.39 Å². The highest BCUT2D eigenvalue weighted by Crippen LogP contribution is 2.21. The highest BCUT2D eigenvalue weighted by atomic mass is 19.1. The lowest BCUT2D eigenvalue weighted by Gasteiger charge is -2.31. The molecule has 1 fully saturated rings. The minimum absolute atomic E-state index is 0.0626. The second-order valence-electron chi connectivity index (χ2n) is 4.11. The summed E-state index contributed by atoms with van der Waals surface area (Å²) in [5.41, 5.74) is -0.0626. The molecule has 1 saturated heterocycles. The molecule has 0 aromatic heterocycles. The van der Waals surface area contributed by atoms with Crippen LogP contribution in [0.1, 0.15) is 10.4 Å². The lowest BCUT2D eigenvalue weighted by molar-refractivity contribution is -0.154. The summed E-state index contributed by atoms with van der Waals surface area (Å²) in [6.07, 6.45) is -1.08. The number of carbonyl (C=O) groups is 2. The van der Waals surface area contributed by atoms with Crippen molar-refractivity contribution in [1.82, 2.24) is 4.90 Å². The van der Waals surface area contributed by atoms with Crippen molar-refractivity contribution in [3.63, 3.8) is 0 Å². The van der Waals surface area contributed by atoms with Gasteiger partial charge in [0.1, 0.15) is 11.6 Å². The first-order valence-electron chi connectivity index (χ1n) is 5.61. The van der Waals surface area contributed by atoms with Crippen molar-refractivity contribution in [3.8, 4) is 5.75 Å². The van der Waals surface area contributed by atoms with Gasteiger partial charge in [-0.05, 0) is 12.1 Å². The molecule has 2 N–H and O–H groups in total.